The molecule has 2 N–H and O–H groups in total. The minimum Gasteiger partial charge on any atom is -0.366 e. The number of rotatable bonds is 6. The second kappa shape index (κ2) is 10.2. The summed E-state index contributed by atoms with van der Waals surface area (Å²) in [5, 5.41) is 9.08. The Balaban J connectivity index is 1.21. The molecule has 1 atom stereocenters. The lowest BCUT2D eigenvalue weighted by Crippen LogP contribution is -2.38. The fourth-order valence-electron chi connectivity index (χ4n) is 4.90. The molecule has 1 amide bonds. The molecule has 1 saturated heterocycles. The van der Waals surface area contributed by atoms with Crippen molar-refractivity contribution in [2.75, 3.05) is 18.4 Å². The number of hydrogen-bond acceptors (Lipinski definition) is 5. The highest BCUT2D eigenvalue weighted by Gasteiger charge is 2.26. The molecule has 6 rings (SSSR count). The number of H-pyrrole nitrogens is 1. The van der Waals surface area contributed by atoms with E-state index in [-0.39, 0.29) is 11.8 Å². The summed E-state index contributed by atoms with van der Waals surface area (Å²) < 4.78 is 2.64. The van der Waals surface area contributed by atoms with Crippen LogP contribution in [0.3, 0.4) is 0 Å². The Hall–Kier alpha value is -3.98. The van der Waals surface area contributed by atoms with E-state index in [4.69, 9.17) is 4.98 Å². The maximum atomic E-state index is 13.1. The monoisotopic (exact) mass is 555 g/mol. The summed E-state index contributed by atoms with van der Waals surface area (Å²) in [6.45, 7) is 2.00. The van der Waals surface area contributed by atoms with Crippen molar-refractivity contribution >= 4 is 50.3 Å². The van der Waals surface area contributed by atoms with E-state index in [0.717, 1.165) is 63.0 Å². The van der Waals surface area contributed by atoms with Crippen LogP contribution in [0.2, 0.25) is 0 Å². The van der Waals surface area contributed by atoms with Crippen molar-refractivity contribution in [1.82, 2.24) is 29.5 Å². The molecule has 8 nitrogen and oxygen atoms in total. The molecule has 1 fully saturated rings. The van der Waals surface area contributed by atoms with Gasteiger partial charge in [0, 0.05) is 67.2 Å². The summed E-state index contributed by atoms with van der Waals surface area (Å²) in [6.07, 6.45) is 12.8. The second-order valence-electron chi connectivity index (χ2n) is 9.26. The SMILES string of the molecule is O=C(C=Cc1c[nH]c2ccccc12)N1CCCC(c2cc(NCc3cccnc3)n3ncc(Br)c3n2)C1. The van der Waals surface area contributed by atoms with Crippen molar-refractivity contribution in [3.8, 4) is 0 Å². The first-order valence-electron chi connectivity index (χ1n) is 12.4. The number of pyridine rings is 1. The molecule has 0 aliphatic carbocycles. The Kier molecular flexibility index (Phi) is 6.44. The Bertz CT molecular complexity index is 1590. The number of hydrogen-bond donors (Lipinski definition) is 2. The largest absolute Gasteiger partial charge is 0.366 e. The van der Waals surface area contributed by atoms with E-state index in [1.807, 2.05) is 53.7 Å². The van der Waals surface area contributed by atoms with Crippen LogP contribution in [0.5, 0.6) is 0 Å². The third kappa shape index (κ3) is 4.86. The fourth-order valence-corrected chi connectivity index (χ4v) is 5.25. The van der Waals surface area contributed by atoms with Crippen LogP contribution >= 0.6 is 15.9 Å². The number of amides is 1. The molecular weight excluding hydrogens is 530 g/mol. The normalized spacial score (nSPS) is 16.1. The van der Waals surface area contributed by atoms with Crippen molar-refractivity contribution in [3.63, 3.8) is 0 Å². The molecule has 9 heteroatoms. The van der Waals surface area contributed by atoms with E-state index in [2.05, 4.69) is 48.4 Å². The van der Waals surface area contributed by atoms with Gasteiger partial charge in [0.2, 0.25) is 5.91 Å². The van der Waals surface area contributed by atoms with Crippen LogP contribution in [-0.4, -0.2) is 48.5 Å². The van der Waals surface area contributed by atoms with Crippen LogP contribution < -0.4 is 5.32 Å². The Morgan fingerprint density at radius 3 is 3.03 bits per heavy atom. The highest BCUT2D eigenvalue weighted by atomic mass is 79.9. The van der Waals surface area contributed by atoms with Gasteiger partial charge in [-0.05, 0) is 58.1 Å². The first-order valence-corrected chi connectivity index (χ1v) is 13.1. The van der Waals surface area contributed by atoms with E-state index >= 15 is 0 Å². The summed E-state index contributed by atoms with van der Waals surface area (Å²) in [5.74, 6) is 1.03. The van der Waals surface area contributed by atoms with Gasteiger partial charge >= 0.3 is 0 Å². The van der Waals surface area contributed by atoms with Gasteiger partial charge in [-0.3, -0.25) is 9.78 Å². The number of nitrogens with zero attached hydrogens (tertiary/aromatic N) is 5. The van der Waals surface area contributed by atoms with Gasteiger partial charge in [-0.25, -0.2) is 4.98 Å². The Morgan fingerprint density at radius 1 is 1.22 bits per heavy atom. The lowest BCUT2D eigenvalue weighted by Gasteiger charge is -2.32. The Labute approximate surface area is 222 Å². The number of para-hydroxylation sites is 1. The molecule has 186 valence electrons. The van der Waals surface area contributed by atoms with Gasteiger partial charge in [0.05, 0.1) is 16.4 Å². The number of anilines is 1. The quantitative estimate of drug-likeness (QED) is 0.274. The number of benzene rings is 1. The predicted octanol–water partition coefficient (Wildman–Crippen LogP) is 5.40. The van der Waals surface area contributed by atoms with Gasteiger partial charge in [-0.15, -0.1) is 0 Å². The van der Waals surface area contributed by atoms with Gasteiger partial charge in [0.15, 0.2) is 5.65 Å². The standard InChI is InChI=1S/C28H26BrN7O/c29-23-17-33-36-26(32-15-19-5-3-11-30-14-19)13-25(34-28(23)36)21-6-4-12-35(18-21)27(37)10-9-20-16-31-24-8-2-1-7-22(20)24/h1-3,5,7-11,13-14,16-17,21,31-32H,4,6,12,15,18H2. The number of nitrogens with one attached hydrogen (secondary N) is 2. The highest BCUT2D eigenvalue weighted by molar-refractivity contribution is 9.10. The number of likely N-dealkylation sites (tertiary alicyclic amines) is 1. The maximum absolute atomic E-state index is 13.1. The molecule has 0 radical (unpaired) electrons. The van der Waals surface area contributed by atoms with E-state index < -0.39 is 0 Å². The van der Waals surface area contributed by atoms with Gasteiger partial charge in [0.25, 0.3) is 0 Å². The number of aromatic nitrogens is 5. The molecule has 1 aliphatic heterocycles. The lowest BCUT2D eigenvalue weighted by atomic mass is 9.94. The van der Waals surface area contributed by atoms with Crippen LogP contribution in [0.25, 0.3) is 22.6 Å². The van der Waals surface area contributed by atoms with E-state index in [1.54, 1.807) is 23.0 Å². The number of aromatic amines is 1. The van der Waals surface area contributed by atoms with Crippen LogP contribution in [0.4, 0.5) is 5.82 Å². The molecular formula is C28H26BrN7O. The summed E-state index contributed by atoms with van der Waals surface area (Å²) in [4.78, 5) is 27.4. The lowest BCUT2D eigenvalue weighted by molar-refractivity contribution is -0.127. The van der Waals surface area contributed by atoms with Gasteiger partial charge < -0.3 is 15.2 Å². The van der Waals surface area contributed by atoms with E-state index in [0.29, 0.717) is 13.1 Å². The van der Waals surface area contributed by atoms with Crippen LogP contribution in [0.15, 0.2) is 77.8 Å². The number of carbonyl (C=O) groups excluding carboxylic acids is 1. The summed E-state index contributed by atoms with van der Waals surface area (Å²) in [7, 11) is 0. The fraction of sp³-hybridized carbons (Fsp3) is 0.214. The minimum absolute atomic E-state index is 0.0246. The maximum Gasteiger partial charge on any atom is 0.246 e. The number of carbonyl (C=O) groups is 1. The zero-order valence-corrected chi connectivity index (χ0v) is 21.7. The molecule has 4 aromatic heterocycles. The van der Waals surface area contributed by atoms with Crippen molar-refractivity contribution in [3.05, 3.63) is 94.6 Å². The van der Waals surface area contributed by atoms with Crippen molar-refractivity contribution in [1.29, 1.82) is 0 Å². The molecule has 0 saturated carbocycles. The van der Waals surface area contributed by atoms with E-state index in [9.17, 15) is 4.79 Å². The topological polar surface area (TPSA) is 91.2 Å². The average Bonchev–Trinajstić information content (AvgIpc) is 3.54. The first kappa shape index (κ1) is 23.4. The molecule has 5 heterocycles. The van der Waals surface area contributed by atoms with Crippen molar-refractivity contribution in [2.45, 2.75) is 25.3 Å². The second-order valence-corrected chi connectivity index (χ2v) is 10.1. The molecule has 0 spiro atoms. The van der Waals surface area contributed by atoms with Crippen molar-refractivity contribution < 1.29 is 4.79 Å². The van der Waals surface area contributed by atoms with E-state index in [1.165, 1.54) is 0 Å². The predicted molar refractivity (Wildman–Crippen MR) is 148 cm³/mol. The highest BCUT2D eigenvalue weighted by Crippen LogP contribution is 2.30. The summed E-state index contributed by atoms with van der Waals surface area (Å²) >= 11 is 3.59. The molecule has 1 unspecified atom stereocenters. The molecule has 5 aromatic rings. The van der Waals surface area contributed by atoms with Crippen molar-refractivity contribution in [2.24, 2.45) is 0 Å². The van der Waals surface area contributed by atoms with Crippen LogP contribution in [-0.2, 0) is 11.3 Å². The summed E-state index contributed by atoms with van der Waals surface area (Å²) in [6, 6.07) is 14.1. The minimum atomic E-state index is 0.0246. The van der Waals surface area contributed by atoms with Gasteiger partial charge in [-0.1, -0.05) is 24.3 Å². The average molecular weight is 556 g/mol. The number of fused-ring (bicyclic) bond motifs is 2. The van der Waals surface area contributed by atoms with Crippen LogP contribution in [0.1, 0.15) is 35.6 Å². The first-order chi connectivity index (χ1) is 18.2. The molecule has 37 heavy (non-hydrogen) atoms. The molecule has 1 aromatic carbocycles. The zero-order valence-electron chi connectivity index (χ0n) is 20.1. The number of halogens is 1. The van der Waals surface area contributed by atoms with Gasteiger partial charge in [-0.2, -0.15) is 9.61 Å². The third-order valence-corrected chi connectivity index (χ3v) is 7.38. The van der Waals surface area contributed by atoms with Gasteiger partial charge in [0.1, 0.15) is 5.82 Å². The molecule has 0 bridgehead atoms. The third-order valence-electron chi connectivity index (χ3n) is 6.82. The summed E-state index contributed by atoms with van der Waals surface area (Å²) in [5.41, 5.74) is 4.87. The van der Waals surface area contributed by atoms with Crippen LogP contribution in [0, 0.1) is 0 Å². The smallest absolute Gasteiger partial charge is 0.246 e. The molecule has 1 aliphatic rings. The Morgan fingerprint density at radius 2 is 2.14 bits per heavy atom. The number of piperidine rings is 1. The zero-order chi connectivity index (χ0) is 25.2.